The number of pyridine rings is 1. The van der Waals surface area contributed by atoms with Crippen molar-refractivity contribution in [1.29, 1.82) is 0 Å². The fourth-order valence-corrected chi connectivity index (χ4v) is 4.82. The Balaban J connectivity index is 1.22. The van der Waals surface area contributed by atoms with Crippen molar-refractivity contribution in [3.63, 3.8) is 0 Å². The van der Waals surface area contributed by atoms with E-state index in [0.717, 1.165) is 55.9 Å². The van der Waals surface area contributed by atoms with Crippen molar-refractivity contribution in [2.45, 2.75) is 13.1 Å². The summed E-state index contributed by atoms with van der Waals surface area (Å²) < 4.78 is 62.4. The van der Waals surface area contributed by atoms with Crippen molar-refractivity contribution in [2.24, 2.45) is 0 Å². The van der Waals surface area contributed by atoms with Crippen molar-refractivity contribution in [3.05, 3.63) is 76.9 Å². The number of nitrogens with zero attached hydrogens (tertiary/aromatic N) is 2. The zero-order chi connectivity index (χ0) is 31.3. The number of ether oxygens (including phenoxy) is 4. The van der Waals surface area contributed by atoms with E-state index in [0.29, 0.717) is 41.0 Å². The van der Waals surface area contributed by atoms with Crippen LogP contribution < -0.4 is 24.8 Å². The number of fused-ring (bicyclic) bond motifs is 1. The third-order valence-electron chi connectivity index (χ3n) is 6.88. The zero-order valence-corrected chi connectivity index (χ0v) is 24.7. The summed E-state index contributed by atoms with van der Waals surface area (Å²) in [5.41, 5.74) is 0.694. The zero-order valence-electron chi connectivity index (χ0n) is 24.0. The molecule has 0 unspecified atom stereocenters. The number of anilines is 2. The normalized spacial score (nSPS) is 13.9. The highest BCUT2D eigenvalue weighted by Gasteiger charge is 2.33. The smallest absolute Gasteiger partial charge is 0.417 e. The Kier molecular flexibility index (Phi) is 9.62. The molecule has 1 aliphatic rings. The van der Waals surface area contributed by atoms with E-state index in [1.807, 2.05) is 25.1 Å². The van der Waals surface area contributed by atoms with Gasteiger partial charge in [-0.2, -0.15) is 13.2 Å². The molecule has 44 heavy (non-hydrogen) atoms. The lowest BCUT2D eigenvalue weighted by atomic mass is 10.1. The van der Waals surface area contributed by atoms with Gasteiger partial charge in [-0.1, -0.05) is 11.6 Å². The van der Waals surface area contributed by atoms with Crippen molar-refractivity contribution >= 4 is 39.9 Å². The summed E-state index contributed by atoms with van der Waals surface area (Å²) in [5.74, 6) is 2.21. The molecular weight excluding hydrogens is 601 g/mol. The van der Waals surface area contributed by atoms with Crippen LogP contribution in [0.1, 0.15) is 11.3 Å². The predicted molar refractivity (Wildman–Crippen MR) is 161 cm³/mol. The number of rotatable bonds is 9. The Morgan fingerprint density at radius 2 is 1.66 bits per heavy atom. The molecule has 3 aromatic carbocycles. The van der Waals surface area contributed by atoms with Crippen molar-refractivity contribution in [2.75, 3.05) is 57.2 Å². The highest BCUT2D eigenvalue weighted by atomic mass is 35.5. The number of hydrogen-bond donors (Lipinski definition) is 2. The molecule has 0 radical (unpaired) electrons. The summed E-state index contributed by atoms with van der Waals surface area (Å²) in [7, 11) is 1.58. The maximum Gasteiger partial charge on any atom is 0.417 e. The molecule has 2 amide bonds. The van der Waals surface area contributed by atoms with Crippen molar-refractivity contribution in [1.82, 2.24) is 9.88 Å². The van der Waals surface area contributed by atoms with Gasteiger partial charge in [0.25, 0.3) is 0 Å². The average molecular weight is 631 g/mol. The number of benzene rings is 3. The number of amides is 2. The molecule has 232 valence electrons. The summed E-state index contributed by atoms with van der Waals surface area (Å²) >= 11 is 5.64. The Morgan fingerprint density at radius 1 is 0.977 bits per heavy atom. The van der Waals surface area contributed by atoms with Crippen LogP contribution in [0.5, 0.6) is 23.0 Å². The SMILES string of the molecule is COc1cc2cc(Oc3ccc(NC(=O)Nc4ccc(Cl)c(C(F)(F)F)c4)cc3)c(C)nc2cc1OCCN1CCOCC1. The van der Waals surface area contributed by atoms with E-state index >= 15 is 0 Å². The molecule has 0 atom stereocenters. The van der Waals surface area contributed by atoms with E-state index in [9.17, 15) is 18.0 Å². The lowest BCUT2D eigenvalue weighted by Gasteiger charge is -2.26. The number of halogens is 4. The quantitative estimate of drug-likeness (QED) is 0.199. The molecule has 0 aliphatic carbocycles. The highest BCUT2D eigenvalue weighted by Crippen LogP contribution is 2.37. The number of hydrogen-bond acceptors (Lipinski definition) is 7. The fraction of sp³-hybridized carbons (Fsp3) is 0.290. The van der Waals surface area contributed by atoms with Gasteiger partial charge in [0, 0.05) is 42.5 Å². The minimum Gasteiger partial charge on any atom is -0.493 e. The second kappa shape index (κ2) is 13.6. The summed E-state index contributed by atoms with van der Waals surface area (Å²) in [6, 6.07) is 14.5. The van der Waals surface area contributed by atoms with Crippen LogP contribution in [0.15, 0.2) is 60.7 Å². The minimum atomic E-state index is -4.65. The van der Waals surface area contributed by atoms with E-state index in [4.69, 9.17) is 35.5 Å². The van der Waals surface area contributed by atoms with E-state index < -0.39 is 22.8 Å². The maximum atomic E-state index is 13.1. The molecule has 1 aromatic heterocycles. The van der Waals surface area contributed by atoms with Crippen LogP contribution in [-0.2, 0) is 10.9 Å². The molecule has 5 rings (SSSR count). The van der Waals surface area contributed by atoms with Gasteiger partial charge in [0.1, 0.15) is 18.1 Å². The topological polar surface area (TPSA) is 94.2 Å². The fourth-order valence-electron chi connectivity index (χ4n) is 4.59. The standard InChI is InChI=1S/C31H30ClF3N4O5/c1-19-27(15-20-16-28(41-2)29(18-26(20)36-19)43-14-11-39-9-12-42-13-10-39)44-23-6-3-21(4-7-23)37-30(40)38-22-5-8-25(32)24(17-22)31(33,34)35/h3-8,15-18H,9-14H2,1-2H3,(H2,37,38,40). The number of aryl methyl sites for hydroxylation is 1. The van der Waals surface area contributed by atoms with Crippen LogP contribution in [0.3, 0.4) is 0 Å². The molecule has 2 heterocycles. The largest absolute Gasteiger partial charge is 0.493 e. The van der Waals surface area contributed by atoms with E-state index in [-0.39, 0.29) is 5.69 Å². The second-order valence-corrected chi connectivity index (χ2v) is 10.4. The van der Waals surface area contributed by atoms with Crippen LogP contribution >= 0.6 is 11.6 Å². The monoisotopic (exact) mass is 630 g/mol. The first-order valence-electron chi connectivity index (χ1n) is 13.7. The molecule has 0 bridgehead atoms. The predicted octanol–water partition coefficient (Wildman–Crippen LogP) is 7.37. The molecular formula is C31H30ClF3N4O5. The third kappa shape index (κ3) is 7.81. The molecule has 4 aromatic rings. The lowest BCUT2D eigenvalue weighted by molar-refractivity contribution is -0.137. The third-order valence-corrected chi connectivity index (χ3v) is 7.21. The molecule has 1 fully saturated rings. The number of carbonyl (C=O) groups is 1. The molecule has 0 saturated carbocycles. The number of methoxy groups -OCH3 is 1. The molecule has 0 spiro atoms. The van der Waals surface area contributed by atoms with Gasteiger partial charge < -0.3 is 29.6 Å². The summed E-state index contributed by atoms with van der Waals surface area (Å²) in [5, 5.41) is 5.29. The Labute approximate surface area is 256 Å². The van der Waals surface area contributed by atoms with Gasteiger partial charge >= 0.3 is 12.2 Å². The highest BCUT2D eigenvalue weighted by molar-refractivity contribution is 6.31. The van der Waals surface area contributed by atoms with E-state index in [2.05, 4.69) is 15.5 Å². The van der Waals surface area contributed by atoms with Gasteiger partial charge in [-0.25, -0.2) is 9.78 Å². The minimum absolute atomic E-state index is 0.0539. The molecule has 1 saturated heterocycles. The van der Waals surface area contributed by atoms with Crippen molar-refractivity contribution in [3.8, 4) is 23.0 Å². The second-order valence-electron chi connectivity index (χ2n) is 9.97. The molecule has 13 heteroatoms. The van der Waals surface area contributed by atoms with E-state index in [1.54, 1.807) is 31.4 Å². The Bertz CT molecular complexity index is 1630. The van der Waals surface area contributed by atoms with Crippen LogP contribution in [-0.4, -0.2) is 62.5 Å². The molecule has 1 aliphatic heterocycles. The number of morpholine rings is 1. The number of urea groups is 1. The van der Waals surface area contributed by atoms with Gasteiger partial charge in [0.2, 0.25) is 0 Å². The number of aromatic nitrogens is 1. The first kappa shape index (κ1) is 31.2. The first-order valence-corrected chi connectivity index (χ1v) is 14.1. The Hall–Kier alpha value is -4.26. The number of alkyl halides is 3. The molecule has 9 nitrogen and oxygen atoms in total. The summed E-state index contributed by atoms with van der Waals surface area (Å²) in [6.45, 7) is 6.36. The van der Waals surface area contributed by atoms with E-state index in [1.165, 1.54) is 6.07 Å². The van der Waals surface area contributed by atoms with Gasteiger partial charge in [0.05, 0.1) is 42.1 Å². The first-order chi connectivity index (χ1) is 21.1. The van der Waals surface area contributed by atoms with Gasteiger partial charge in [-0.15, -0.1) is 0 Å². The lowest BCUT2D eigenvalue weighted by Crippen LogP contribution is -2.38. The number of nitrogens with one attached hydrogen (secondary N) is 2. The van der Waals surface area contributed by atoms with Gasteiger partial charge in [-0.05, 0) is 61.5 Å². The van der Waals surface area contributed by atoms with Gasteiger partial charge in [0.15, 0.2) is 11.5 Å². The van der Waals surface area contributed by atoms with Gasteiger partial charge in [-0.3, -0.25) is 4.90 Å². The molecule has 2 N–H and O–H groups in total. The maximum absolute atomic E-state index is 13.1. The van der Waals surface area contributed by atoms with Crippen LogP contribution in [0.25, 0.3) is 10.9 Å². The summed E-state index contributed by atoms with van der Waals surface area (Å²) in [4.78, 5) is 19.4. The average Bonchev–Trinajstić information content (AvgIpc) is 2.99. The van der Waals surface area contributed by atoms with Crippen LogP contribution in [0.2, 0.25) is 5.02 Å². The van der Waals surface area contributed by atoms with Crippen LogP contribution in [0, 0.1) is 6.92 Å². The summed E-state index contributed by atoms with van der Waals surface area (Å²) in [6.07, 6.45) is -4.65. The van der Waals surface area contributed by atoms with Crippen LogP contribution in [0.4, 0.5) is 29.3 Å². The van der Waals surface area contributed by atoms with Crippen molar-refractivity contribution < 1.29 is 36.9 Å². The Morgan fingerprint density at radius 3 is 2.36 bits per heavy atom. The number of carbonyl (C=O) groups excluding carboxylic acids is 1.